The molecule has 0 spiro atoms. The molecule has 2 heterocycles. The number of rotatable bonds is 4. The van der Waals surface area contributed by atoms with Crippen molar-refractivity contribution < 1.29 is 0 Å². The van der Waals surface area contributed by atoms with Crippen LogP contribution >= 0.6 is 0 Å². The van der Waals surface area contributed by atoms with Crippen LogP contribution in [0.3, 0.4) is 0 Å². The zero-order valence-electron chi connectivity index (χ0n) is 16.8. The van der Waals surface area contributed by atoms with E-state index in [9.17, 15) is 0 Å². The number of nitrogens with zero attached hydrogens (tertiary/aromatic N) is 4. The summed E-state index contributed by atoms with van der Waals surface area (Å²) in [5, 5.41) is 8.35. The Morgan fingerprint density at radius 2 is 1.82 bits per heavy atom. The SMILES string of the molecule is CC(C)(C)c1ccc(-n2ncc3c2CCC[C@@H]3NCc2cnc(N)nc2)cc1. The van der Waals surface area contributed by atoms with E-state index < -0.39 is 0 Å². The maximum atomic E-state index is 5.57. The molecular formula is C22H28N6. The van der Waals surface area contributed by atoms with Gasteiger partial charge in [0.25, 0.3) is 0 Å². The largest absolute Gasteiger partial charge is 0.368 e. The van der Waals surface area contributed by atoms with E-state index in [1.54, 1.807) is 12.4 Å². The van der Waals surface area contributed by atoms with Crippen molar-refractivity contribution in [2.75, 3.05) is 5.73 Å². The molecule has 28 heavy (non-hydrogen) atoms. The minimum absolute atomic E-state index is 0.156. The first-order chi connectivity index (χ1) is 13.4. The maximum absolute atomic E-state index is 5.57. The van der Waals surface area contributed by atoms with Gasteiger partial charge in [-0.25, -0.2) is 14.6 Å². The first-order valence-electron chi connectivity index (χ1n) is 9.89. The number of nitrogens with two attached hydrogens (primary N) is 1. The molecule has 0 saturated carbocycles. The topological polar surface area (TPSA) is 81.7 Å². The third kappa shape index (κ3) is 3.78. The Kier molecular flexibility index (Phi) is 4.89. The van der Waals surface area contributed by atoms with E-state index in [-0.39, 0.29) is 5.41 Å². The quantitative estimate of drug-likeness (QED) is 0.725. The van der Waals surface area contributed by atoms with Gasteiger partial charge in [-0.2, -0.15) is 5.10 Å². The smallest absolute Gasteiger partial charge is 0.219 e. The first-order valence-corrected chi connectivity index (χ1v) is 9.89. The highest BCUT2D eigenvalue weighted by Crippen LogP contribution is 2.32. The number of fused-ring (bicyclic) bond motifs is 1. The van der Waals surface area contributed by atoms with Crippen molar-refractivity contribution in [3.63, 3.8) is 0 Å². The van der Waals surface area contributed by atoms with Crippen molar-refractivity contribution in [1.82, 2.24) is 25.1 Å². The van der Waals surface area contributed by atoms with Gasteiger partial charge in [0, 0.05) is 41.8 Å². The molecule has 6 heteroatoms. The molecule has 0 unspecified atom stereocenters. The number of nitrogens with one attached hydrogen (secondary N) is 1. The zero-order chi connectivity index (χ0) is 19.7. The molecule has 1 aliphatic carbocycles. The normalized spacial score (nSPS) is 16.8. The molecule has 0 radical (unpaired) electrons. The highest BCUT2D eigenvalue weighted by molar-refractivity contribution is 5.40. The van der Waals surface area contributed by atoms with Crippen molar-refractivity contribution in [3.05, 3.63) is 65.2 Å². The van der Waals surface area contributed by atoms with Gasteiger partial charge in [-0.05, 0) is 42.4 Å². The third-order valence-corrected chi connectivity index (χ3v) is 5.44. The lowest BCUT2D eigenvalue weighted by Gasteiger charge is -2.24. The molecule has 0 fully saturated rings. The lowest BCUT2D eigenvalue weighted by Crippen LogP contribution is -2.25. The first kappa shape index (κ1) is 18.6. The van der Waals surface area contributed by atoms with E-state index in [1.165, 1.54) is 16.8 Å². The summed E-state index contributed by atoms with van der Waals surface area (Å²) in [5.74, 6) is 0.308. The summed E-state index contributed by atoms with van der Waals surface area (Å²) < 4.78 is 2.10. The summed E-state index contributed by atoms with van der Waals surface area (Å²) in [6.07, 6.45) is 8.88. The van der Waals surface area contributed by atoms with Crippen LogP contribution in [-0.2, 0) is 18.4 Å². The second-order valence-corrected chi connectivity index (χ2v) is 8.53. The molecule has 0 bridgehead atoms. The summed E-state index contributed by atoms with van der Waals surface area (Å²) in [5.41, 5.74) is 11.8. The van der Waals surface area contributed by atoms with E-state index in [1.807, 2.05) is 6.20 Å². The van der Waals surface area contributed by atoms with Crippen molar-refractivity contribution in [2.24, 2.45) is 0 Å². The summed E-state index contributed by atoms with van der Waals surface area (Å²) in [6, 6.07) is 9.07. The van der Waals surface area contributed by atoms with Gasteiger partial charge in [0.15, 0.2) is 0 Å². The molecule has 3 aromatic rings. The third-order valence-electron chi connectivity index (χ3n) is 5.44. The van der Waals surface area contributed by atoms with Gasteiger partial charge in [-0.3, -0.25) is 0 Å². The van der Waals surface area contributed by atoms with E-state index in [0.717, 1.165) is 37.1 Å². The summed E-state index contributed by atoms with van der Waals surface area (Å²) >= 11 is 0. The fraction of sp³-hybridized carbons (Fsp3) is 0.409. The van der Waals surface area contributed by atoms with Crippen LogP contribution in [-0.4, -0.2) is 19.7 Å². The van der Waals surface area contributed by atoms with Crippen molar-refractivity contribution in [2.45, 2.75) is 58.0 Å². The Bertz CT molecular complexity index is 935. The predicted molar refractivity (Wildman–Crippen MR) is 111 cm³/mol. The molecule has 2 aromatic heterocycles. The monoisotopic (exact) mass is 376 g/mol. The van der Waals surface area contributed by atoms with Crippen molar-refractivity contribution in [3.8, 4) is 5.69 Å². The van der Waals surface area contributed by atoms with E-state index in [4.69, 9.17) is 10.8 Å². The number of aromatic nitrogens is 4. The molecule has 6 nitrogen and oxygen atoms in total. The van der Waals surface area contributed by atoms with Crippen molar-refractivity contribution >= 4 is 5.95 Å². The van der Waals surface area contributed by atoms with Gasteiger partial charge in [-0.1, -0.05) is 32.9 Å². The second-order valence-electron chi connectivity index (χ2n) is 8.53. The van der Waals surface area contributed by atoms with Crippen LogP contribution in [0.4, 0.5) is 5.95 Å². The number of benzene rings is 1. The maximum Gasteiger partial charge on any atom is 0.219 e. The average molecular weight is 377 g/mol. The van der Waals surface area contributed by atoms with Crippen LogP contribution in [0.2, 0.25) is 0 Å². The molecular weight excluding hydrogens is 348 g/mol. The molecule has 146 valence electrons. The summed E-state index contributed by atoms with van der Waals surface area (Å²) in [6.45, 7) is 7.43. The standard InChI is InChI=1S/C22H28N6/c1-22(2,3)16-7-9-17(10-8-16)28-20-6-4-5-19(18(20)14-27-28)24-11-15-12-25-21(23)26-13-15/h7-10,12-14,19,24H,4-6,11H2,1-3H3,(H2,23,25,26)/t19-/m0/s1. The van der Waals surface area contributed by atoms with Gasteiger partial charge in [0.05, 0.1) is 11.9 Å². The summed E-state index contributed by atoms with van der Waals surface area (Å²) in [7, 11) is 0. The summed E-state index contributed by atoms with van der Waals surface area (Å²) in [4.78, 5) is 8.13. The fourth-order valence-electron chi connectivity index (χ4n) is 3.79. The van der Waals surface area contributed by atoms with Crippen molar-refractivity contribution in [1.29, 1.82) is 0 Å². The van der Waals surface area contributed by atoms with Gasteiger partial charge in [0.1, 0.15) is 0 Å². The lowest BCUT2D eigenvalue weighted by molar-refractivity contribution is 0.454. The average Bonchev–Trinajstić information content (AvgIpc) is 3.12. The van der Waals surface area contributed by atoms with Crippen LogP contribution in [0.5, 0.6) is 0 Å². The zero-order valence-corrected chi connectivity index (χ0v) is 16.8. The Labute approximate surface area is 166 Å². The predicted octanol–water partition coefficient (Wildman–Crippen LogP) is 3.71. The van der Waals surface area contributed by atoms with E-state index in [2.05, 4.69) is 65.0 Å². The minimum atomic E-state index is 0.156. The molecule has 4 rings (SSSR count). The Hall–Kier alpha value is -2.73. The number of hydrogen-bond donors (Lipinski definition) is 2. The van der Waals surface area contributed by atoms with Gasteiger partial charge in [0.2, 0.25) is 5.95 Å². The van der Waals surface area contributed by atoms with Crippen LogP contribution in [0.25, 0.3) is 5.69 Å². The molecule has 0 saturated heterocycles. The number of anilines is 1. The Morgan fingerprint density at radius 1 is 1.11 bits per heavy atom. The van der Waals surface area contributed by atoms with E-state index in [0.29, 0.717) is 12.0 Å². The Morgan fingerprint density at radius 3 is 2.50 bits per heavy atom. The molecule has 3 N–H and O–H groups in total. The highest BCUT2D eigenvalue weighted by Gasteiger charge is 2.24. The van der Waals surface area contributed by atoms with Gasteiger partial charge >= 0.3 is 0 Å². The molecule has 0 amide bonds. The number of nitrogen functional groups attached to an aromatic ring is 1. The van der Waals surface area contributed by atoms with Crippen LogP contribution < -0.4 is 11.1 Å². The fourth-order valence-corrected chi connectivity index (χ4v) is 3.79. The second kappa shape index (κ2) is 7.36. The van der Waals surface area contributed by atoms with Crippen LogP contribution in [0.1, 0.15) is 62.0 Å². The molecule has 1 aromatic carbocycles. The van der Waals surface area contributed by atoms with Gasteiger partial charge in [-0.15, -0.1) is 0 Å². The molecule has 0 aliphatic heterocycles. The van der Waals surface area contributed by atoms with E-state index >= 15 is 0 Å². The molecule has 1 aliphatic rings. The lowest BCUT2D eigenvalue weighted by atomic mass is 9.87. The highest BCUT2D eigenvalue weighted by atomic mass is 15.3. The molecule has 1 atom stereocenters. The van der Waals surface area contributed by atoms with Crippen LogP contribution in [0, 0.1) is 0 Å². The number of hydrogen-bond acceptors (Lipinski definition) is 5. The van der Waals surface area contributed by atoms with Gasteiger partial charge < -0.3 is 11.1 Å². The van der Waals surface area contributed by atoms with Crippen LogP contribution in [0.15, 0.2) is 42.9 Å². The minimum Gasteiger partial charge on any atom is -0.368 e. The Balaban J connectivity index is 1.53.